The number of esters is 2. The van der Waals surface area contributed by atoms with E-state index >= 15 is 0 Å². The molecule has 0 aliphatic carbocycles. The maximum atomic E-state index is 13.4. The topological polar surface area (TPSA) is 85.3 Å². The molecule has 0 bridgehead atoms. The lowest BCUT2D eigenvalue weighted by Gasteiger charge is -2.32. The van der Waals surface area contributed by atoms with Crippen molar-refractivity contribution in [1.29, 1.82) is 0 Å². The van der Waals surface area contributed by atoms with E-state index in [2.05, 4.69) is 4.74 Å². The minimum atomic E-state index is -0.798. The lowest BCUT2D eigenvalue weighted by Crippen LogP contribution is -2.39. The lowest BCUT2D eigenvalue weighted by molar-refractivity contribution is -0.140. The van der Waals surface area contributed by atoms with Gasteiger partial charge in [0.2, 0.25) is 0 Å². The molecule has 0 amide bonds. The van der Waals surface area contributed by atoms with Gasteiger partial charge in [0.15, 0.2) is 0 Å². The first kappa shape index (κ1) is 17.5. The Morgan fingerprint density at radius 2 is 1.96 bits per heavy atom. The fourth-order valence-corrected chi connectivity index (χ4v) is 3.00. The first-order chi connectivity index (χ1) is 10.9. The van der Waals surface area contributed by atoms with E-state index in [4.69, 9.17) is 9.47 Å². The number of phenols is 1. The number of halogens is 2. The molecule has 9 heteroatoms. The van der Waals surface area contributed by atoms with Gasteiger partial charge < -0.3 is 24.2 Å². The van der Waals surface area contributed by atoms with Crippen LogP contribution in [0.3, 0.4) is 0 Å². The Labute approximate surface area is 144 Å². The summed E-state index contributed by atoms with van der Waals surface area (Å²) in [4.78, 5) is 25.3. The fraction of sp³-hybridized carbons (Fsp3) is 0.286. The Kier molecular flexibility index (Phi) is 5.42. The van der Waals surface area contributed by atoms with Crippen molar-refractivity contribution in [3.8, 4) is 5.75 Å². The highest BCUT2D eigenvalue weighted by atomic mass is 127. The predicted molar refractivity (Wildman–Crippen MR) is 85.1 cm³/mol. The van der Waals surface area contributed by atoms with Crippen LogP contribution in [0, 0.1) is 9.39 Å². The minimum Gasteiger partial charge on any atom is -0.506 e. The van der Waals surface area contributed by atoms with Crippen LogP contribution < -0.4 is 4.90 Å². The molecule has 1 heterocycles. The van der Waals surface area contributed by atoms with Gasteiger partial charge in [-0.25, -0.2) is 14.0 Å². The maximum Gasteiger partial charge on any atom is 0.355 e. The Morgan fingerprint density at radius 3 is 2.52 bits per heavy atom. The average molecular weight is 437 g/mol. The normalized spacial score (nSPS) is 14.7. The average Bonchev–Trinajstić information content (AvgIpc) is 2.52. The van der Waals surface area contributed by atoms with E-state index < -0.39 is 23.5 Å². The Hall–Kier alpha value is -1.88. The summed E-state index contributed by atoms with van der Waals surface area (Å²) in [6.07, 6.45) is 0. The van der Waals surface area contributed by atoms with Crippen molar-refractivity contribution < 1.29 is 33.3 Å². The third kappa shape index (κ3) is 3.39. The Balaban J connectivity index is 2.65. The molecule has 1 aliphatic rings. The number of hydrogen-bond donors (Lipinski definition) is 1. The van der Waals surface area contributed by atoms with Crippen molar-refractivity contribution in [2.75, 3.05) is 32.5 Å². The van der Waals surface area contributed by atoms with Gasteiger partial charge in [0.1, 0.15) is 24.0 Å². The van der Waals surface area contributed by atoms with Gasteiger partial charge in [-0.2, -0.15) is 0 Å². The van der Waals surface area contributed by atoms with Crippen LogP contribution in [-0.2, 0) is 23.8 Å². The number of carbonyl (C=O) groups excluding carboxylic acids is 2. The van der Waals surface area contributed by atoms with Crippen molar-refractivity contribution in [3.05, 3.63) is 32.8 Å². The van der Waals surface area contributed by atoms with Crippen molar-refractivity contribution in [2.24, 2.45) is 0 Å². The summed E-state index contributed by atoms with van der Waals surface area (Å²) in [5, 5.41) is 10.0. The molecule has 1 aliphatic heterocycles. The molecule has 23 heavy (non-hydrogen) atoms. The first-order valence-corrected chi connectivity index (χ1v) is 7.41. The summed E-state index contributed by atoms with van der Waals surface area (Å²) in [7, 11) is 2.33. The molecule has 0 radical (unpaired) electrons. The second kappa shape index (κ2) is 7.13. The number of benzene rings is 1. The molecule has 1 aromatic carbocycles. The second-order valence-electron chi connectivity index (χ2n) is 4.47. The first-order valence-electron chi connectivity index (χ1n) is 6.33. The predicted octanol–water partition coefficient (Wildman–Crippen LogP) is 1.53. The lowest BCUT2D eigenvalue weighted by atomic mass is 10.1. The Morgan fingerprint density at radius 1 is 1.30 bits per heavy atom. The molecule has 2 rings (SSSR count). The molecule has 7 nitrogen and oxygen atoms in total. The number of ether oxygens (including phenoxy) is 3. The number of rotatable bonds is 3. The van der Waals surface area contributed by atoms with Gasteiger partial charge in [0.25, 0.3) is 0 Å². The zero-order chi connectivity index (χ0) is 17.1. The number of hydrogen-bond acceptors (Lipinski definition) is 7. The van der Waals surface area contributed by atoms with E-state index in [1.54, 1.807) is 22.6 Å². The summed E-state index contributed by atoms with van der Waals surface area (Å²) in [6, 6.07) is 2.08. The highest BCUT2D eigenvalue weighted by molar-refractivity contribution is 14.1. The zero-order valence-corrected chi connectivity index (χ0v) is 14.4. The monoisotopic (exact) mass is 437 g/mol. The standard InChI is InChI=1S/C14H13FINO6/c1-21-13(19)8-5-23-6-17(11(8)14(20)22-2)12-9(16)3-7(15)4-10(12)18/h3-4,18H,5-6H2,1-2H3. The van der Waals surface area contributed by atoms with Crippen molar-refractivity contribution in [3.63, 3.8) is 0 Å². The van der Waals surface area contributed by atoms with E-state index in [1.165, 1.54) is 18.1 Å². The van der Waals surface area contributed by atoms with Crippen molar-refractivity contribution >= 4 is 40.2 Å². The SMILES string of the molecule is COC(=O)C1=C(C(=O)OC)N(c2c(O)cc(F)cc2I)COC1. The molecule has 0 fully saturated rings. The number of methoxy groups -OCH3 is 2. The van der Waals surface area contributed by atoms with Crippen LogP contribution in [0.25, 0.3) is 0 Å². The number of nitrogens with zero attached hydrogens (tertiary/aromatic N) is 1. The van der Waals surface area contributed by atoms with E-state index in [9.17, 15) is 19.1 Å². The molecule has 0 aromatic heterocycles. The quantitative estimate of drug-likeness (QED) is 0.567. The fourth-order valence-electron chi connectivity index (χ4n) is 2.14. The van der Waals surface area contributed by atoms with E-state index in [0.29, 0.717) is 3.57 Å². The van der Waals surface area contributed by atoms with Crippen LogP contribution >= 0.6 is 22.6 Å². The summed E-state index contributed by atoms with van der Waals surface area (Å²) < 4.78 is 28.3. The second-order valence-corrected chi connectivity index (χ2v) is 5.63. The molecule has 0 unspecified atom stereocenters. The third-order valence-corrected chi connectivity index (χ3v) is 3.93. The van der Waals surface area contributed by atoms with Gasteiger partial charge in [-0.1, -0.05) is 0 Å². The zero-order valence-electron chi connectivity index (χ0n) is 12.3. The van der Waals surface area contributed by atoms with Crippen LogP contribution in [0.5, 0.6) is 5.75 Å². The largest absolute Gasteiger partial charge is 0.506 e. The van der Waals surface area contributed by atoms with E-state index in [0.717, 1.165) is 13.2 Å². The van der Waals surface area contributed by atoms with Gasteiger partial charge in [-0.05, 0) is 28.7 Å². The summed E-state index contributed by atoms with van der Waals surface area (Å²) in [5.74, 6) is -2.59. The van der Waals surface area contributed by atoms with Crippen LogP contribution in [0.2, 0.25) is 0 Å². The number of anilines is 1. The number of aromatic hydroxyl groups is 1. The van der Waals surface area contributed by atoms with Crippen LogP contribution in [0.15, 0.2) is 23.4 Å². The molecule has 0 saturated heterocycles. The van der Waals surface area contributed by atoms with Crippen molar-refractivity contribution in [2.45, 2.75) is 0 Å². The summed E-state index contributed by atoms with van der Waals surface area (Å²) >= 11 is 1.81. The number of phenolic OH excluding ortho intramolecular Hbond substituents is 1. The molecule has 124 valence electrons. The van der Waals surface area contributed by atoms with Crippen LogP contribution in [-0.4, -0.2) is 44.6 Å². The van der Waals surface area contributed by atoms with Gasteiger partial charge in [-0.15, -0.1) is 0 Å². The molecule has 1 N–H and O–H groups in total. The molecule has 0 spiro atoms. The van der Waals surface area contributed by atoms with Crippen molar-refractivity contribution in [1.82, 2.24) is 0 Å². The molecule has 1 aromatic rings. The van der Waals surface area contributed by atoms with Gasteiger partial charge in [-0.3, -0.25) is 0 Å². The highest BCUT2D eigenvalue weighted by Gasteiger charge is 2.34. The van der Waals surface area contributed by atoms with E-state index in [-0.39, 0.29) is 30.3 Å². The summed E-state index contributed by atoms with van der Waals surface area (Å²) in [6.45, 7) is -0.272. The third-order valence-electron chi connectivity index (χ3n) is 3.11. The molecular weight excluding hydrogens is 424 g/mol. The smallest absolute Gasteiger partial charge is 0.355 e. The van der Waals surface area contributed by atoms with Gasteiger partial charge in [0, 0.05) is 9.64 Å². The Bertz CT molecular complexity index is 667. The van der Waals surface area contributed by atoms with Crippen LogP contribution in [0.4, 0.5) is 10.1 Å². The van der Waals surface area contributed by atoms with Gasteiger partial charge in [0.05, 0.1) is 32.1 Å². The highest BCUT2D eigenvalue weighted by Crippen LogP contribution is 2.37. The molecule has 0 atom stereocenters. The van der Waals surface area contributed by atoms with Crippen LogP contribution in [0.1, 0.15) is 0 Å². The molecule has 0 saturated carbocycles. The summed E-state index contributed by atoms with van der Waals surface area (Å²) in [5.41, 5.74) is -0.0379. The van der Waals surface area contributed by atoms with Gasteiger partial charge >= 0.3 is 11.9 Å². The molecular formula is C14H13FINO6. The number of carbonyl (C=O) groups is 2. The maximum absolute atomic E-state index is 13.4. The van der Waals surface area contributed by atoms with E-state index in [1.807, 2.05) is 0 Å². The minimum absolute atomic E-state index is 0.0508.